The van der Waals surface area contributed by atoms with Gasteiger partial charge in [0.25, 0.3) is 0 Å². The van der Waals surface area contributed by atoms with Crippen LogP contribution in [0.3, 0.4) is 0 Å². The Labute approximate surface area is 126 Å². The lowest BCUT2D eigenvalue weighted by Crippen LogP contribution is -2.32. The van der Waals surface area contributed by atoms with Crippen molar-refractivity contribution in [3.8, 4) is 5.69 Å². The van der Waals surface area contributed by atoms with Crippen LogP contribution < -0.4 is 5.32 Å². The van der Waals surface area contributed by atoms with Crippen molar-refractivity contribution in [3.05, 3.63) is 42.2 Å². The van der Waals surface area contributed by atoms with Gasteiger partial charge in [-0.3, -0.25) is 0 Å². The molecule has 1 heterocycles. The number of nitrogens with zero attached hydrogens (tertiary/aromatic N) is 3. The van der Waals surface area contributed by atoms with Crippen LogP contribution in [0.4, 0.5) is 0 Å². The van der Waals surface area contributed by atoms with Gasteiger partial charge in [-0.25, -0.2) is 0 Å². The summed E-state index contributed by atoms with van der Waals surface area (Å²) in [6.45, 7) is 3.12. The average molecular weight is 284 g/mol. The van der Waals surface area contributed by atoms with Crippen molar-refractivity contribution in [2.45, 2.75) is 51.6 Å². The maximum atomic E-state index is 4.54. The van der Waals surface area contributed by atoms with E-state index < -0.39 is 0 Å². The third-order valence-electron chi connectivity index (χ3n) is 4.52. The highest BCUT2D eigenvalue weighted by atomic mass is 15.5. The molecule has 0 aliphatic heterocycles. The van der Waals surface area contributed by atoms with E-state index in [9.17, 15) is 0 Å². The molecule has 0 unspecified atom stereocenters. The molecule has 0 amide bonds. The molecule has 112 valence electrons. The minimum Gasteiger partial charge on any atom is -0.308 e. The molecule has 1 aliphatic carbocycles. The number of hydrogen-bond donors (Lipinski definition) is 1. The van der Waals surface area contributed by atoms with Crippen LogP contribution in [0.2, 0.25) is 0 Å². The summed E-state index contributed by atoms with van der Waals surface area (Å²) in [6.07, 6.45) is 8.52. The minimum absolute atomic E-state index is 0.648. The van der Waals surface area contributed by atoms with Crippen LogP contribution in [0.1, 0.15) is 44.7 Å². The number of aromatic nitrogens is 3. The molecule has 0 atom stereocenters. The van der Waals surface area contributed by atoms with E-state index in [0.29, 0.717) is 6.04 Å². The largest absolute Gasteiger partial charge is 0.308 e. The molecular formula is C17H24N4. The summed E-state index contributed by atoms with van der Waals surface area (Å²) in [7, 11) is 0. The Kier molecular flexibility index (Phi) is 4.65. The van der Waals surface area contributed by atoms with Gasteiger partial charge in [-0.15, -0.1) is 0 Å². The highest BCUT2D eigenvalue weighted by Gasteiger charge is 2.19. The lowest BCUT2D eigenvalue weighted by Gasteiger charge is -2.28. The van der Waals surface area contributed by atoms with Gasteiger partial charge in [0.05, 0.1) is 17.6 Å². The van der Waals surface area contributed by atoms with Crippen molar-refractivity contribution in [1.29, 1.82) is 0 Å². The SMILES string of the molecule is CCC1CCC(NCc2cnn(-c3ccccc3)n2)CC1. The van der Waals surface area contributed by atoms with Gasteiger partial charge in [0, 0.05) is 12.6 Å². The van der Waals surface area contributed by atoms with E-state index >= 15 is 0 Å². The van der Waals surface area contributed by atoms with Crippen molar-refractivity contribution < 1.29 is 0 Å². The lowest BCUT2D eigenvalue weighted by molar-refractivity contribution is 0.284. The van der Waals surface area contributed by atoms with Crippen LogP contribution in [0.5, 0.6) is 0 Å². The predicted octanol–water partition coefficient (Wildman–Crippen LogP) is 3.33. The third-order valence-corrected chi connectivity index (χ3v) is 4.52. The molecule has 21 heavy (non-hydrogen) atoms. The molecule has 1 fully saturated rings. The molecule has 3 rings (SSSR count). The van der Waals surface area contributed by atoms with Gasteiger partial charge < -0.3 is 5.32 Å². The van der Waals surface area contributed by atoms with E-state index in [1.807, 2.05) is 36.5 Å². The van der Waals surface area contributed by atoms with Crippen LogP contribution in [-0.2, 0) is 6.54 Å². The fourth-order valence-corrected chi connectivity index (χ4v) is 3.09. The standard InChI is InChI=1S/C17H24N4/c1-2-14-8-10-15(11-9-14)18-12-16-13-19-21(20-16)17-6-4-3-5-7-17/h3-7,13-15,18H,2,8-12H2,1H3. The first-order valence-corrected chi connectivity index (χ1v) is 8.05. The van der Waals surface area contributed by atoms with Crippen molar-refractivity contribution in [1.82, 2.24) is 20.3 Å². The molecule has 2 aromatic rings. The van der Waals surface area contributed by atoms with Gasteiger partial charge in [0.15, 0.2) is 0 Å². The van der Waals surface area contributed by atoms with E-state index in [1.54, 1.807) is 4.80 Å². The van der Waals surface area contributed by atoms with Gasteiger partial charge >= 0.3 is 0 Å². The van der Waals surface area contributed by atoms with Gasteiger partial charge in [0.1, 0.15) is 0 Å². The second-order valence-electron chi connectivity index (χ2n) is 5.97. The molecule has 0 radical (unpaired) electrons. The molecule has 1 aliphatic rings. The predicted molar refractivity (Wildman–Crippen MR) is 84.2 cm³/mol. The van der Waals surface area contributed by atoms with E-state index in [-0.39, 0.29) is 0 Å². The van der Waals surface area contributed by atoms with Crippen LogP contribution in [0, 0.1) is 5.92 Å². The topological polar surface area (TPSA) is 42.7 Å². The Morgan fingerprint density at radius 2 is 1.90 bits per heavy atom. The Morgan fingerprint density at radius 1 is 1.14 bits per heavy atom. The van der Waals surface area contributed by atoms with E-state index in [0.717, 1.165) is 23.8 Å². The number of benzene rings is 1. The van der Waals surface area contributed by atoms with Crippen LogP contribution in [-0.4, -0.2) is 21.0 Å². The molecule has 4 nitrogen and oxygen atoms in total. The third kappa shape index (κ3) is 3.70. The molecule has 4 heteroatoms. The molecule has 1 N–H and O–H groups in total. The van der Waals surface area contributed by atoms with Crippen LogP contribution in [0.15, 0.2) is 36.5 Å². The fraction of sp³-hybridized carbons (Fsp3) is 0.529. The van der Waals surface area contributed by atoms with Crippen LogP contribution >= 0.6 is 0 Å². The first kappa shape index (κ1) is 14.3. The smallest absolute Gasteiger partial charge is 0.0969 e. The molecule has 0 saturated heterocycles. The second-order valence-corrected chi connectivity index (χ2v) is 5.97. The second kappa shape index (κ2) is 6.85. The highest BCUT2D eigenvalue weighted by molar-refractivity contribution is 5.28. The quantitative estimate of drug-likeness (QED) is 0.916. The normalized spacial score (nSPS) is 22.3. The summed E-state index contributed by atoms with van der Waals surface area (Å²) in [5.41, 5.74) is 2.02. The first-order valence-electron chi connectivity index (χ1n) is 8.05. The first-order chi connectivity index (χ1) is 10.3. The minimum atomic E-state index is 0.648. The highest BCUT2D eigenvalue weighted by Crippen LogP contribution is 2.26. The summed E-state index contributed by atoms with van der Waals surface area (Å²) < 4.78 is 0. The number of para-hydroxylation sites is 1. The number of nitrogens with one attached hydrogen (secondary N) is 1. The van der Waals surface area contributed by atoms with Gasteiger partial charge in [-0.05, 0) is 43.7 Å². The van der Waals surface area contributed by atoms with Gasteiger partial charge in [-0.2, -0.15) is 15.0 Å². The zero-order valence-corrected chi connectivity index (χ0v) is 12.7. The van der Waals surface area contributed by atoms with E-state index in [4.69, 9.17) is 0 Å². The summed E-state index contributed by atoms with van der Waals surface area (Å²) in [4.78, 5) is 1.70. The van der Waals surface area contributed by atoms with Gasteiger partial charge in [0.2, 0.25) is 0 Å². The van der Waals surface area contributed by atoms with Crippen molar-refractivity contribution in [3.63, 3.8) is 0 Å². The Bertz CT molecular complexity index is 541. The number of hydrogen-bond acceptors (Lipinski definition) is 3. The molecule has 0 spiro atoms. The van der Waals surface area contributed by atoms with Crippen LogP contribution in [0.25, 0.3) is 5.69 Å². The molecule has 0 bridgehead atoms. The maximum Gasteiger partial charge on any atom is 0.0969 e. The summed E-state index contributed by atoms with van der Waals surface area (Å²) in [5.74, 6) is 0.946. The molecule has 1 saturated carbocycles. The van der Waals surface area contributed by atoms with Crippen molar-refractivity contribution in [2.24, 2.45) is 5.92 Å². The monoisotopic (exact) mass is 284 g/mol. The Hall–Kier alpha value is -1.68. The Balaban J connectivity index is 1.52. The maximum absolute atomic E-state index is 4.54. The molecule has 1 aromatic carbocycles. The summed E-state index contributed by atoms with van der Waals surface area (Å²) in [6, 6.07) is 10.7. The van der Waals surface area contributed by atoms with E-state index in [2.05, 4.69) is 22.4 Å². The Morgan fingerprint density at radius 3 is 2.62 bits per heavy atom. The zero-order chi connectivity index (χ0) is 14.5. The molecular weight excluding hydrogens is 260 g/mol. The van der Waals surface area contributed by atoms with Crippen molar-refractivity contribution >= 4 is 0 Å². The fourth-order valence-electron chi connectivity index (χ4n) is 3.09. The van der Waals surface area contributed by atoms with E-state index in [1.165, 1.54) is 32.1 Å². The zero-order valence-electron chi connectivity index (χ0n) is 12.7. The number of rotatable bonds is 5. The van der Waals surface area contributed by atoms with Crippen molar-refractivity contribution in [2.75, 3.05) is 0 Å². The summed E-state index contributed by atoms with van der Waals surface area (Å²) in [5, 5.41) is 12.5. The van der Waals surface area contributed by atoms with Gasteiger partial charge in [-0.1, -0.05) is 31.5 Å². The summed E-state index contributed by atoms with van der Waals surface area (Å²) >= 11 is 0. The molecule has 1 aromatic heterocycles. The average Bonchev–Trinajstić information content (AvgIpc) is 3.03. The lowest BCUT2D eigenvalue weighted by atomic mass is 9.84.